The van der Waals surface area contributed by atoms with E-state index in [4.69, 9.17) is 9.47 Å². The Morgan fingerprint density at radius 2 is 1.92 bits per heavy atom. The lowest BCUT2D eigenvalue weighted by Crippen LogP contribution is -2.45. The van der Waals surface area contributed by atoms with E-state index in [1.807, 2.05) is 6.92 Å². The van der Waals surface area contributed by atoms with E-state index >= 15 is 0 Å². The van der Waals surface area contributed by atoms with Gasteiger partial charge in [-0.15, -0.1) is 0 Å². The van der Waals surface area contributed by atoms with Gasteiger partial charge in [0, 0.05) is 27.2 Å². The quantitative estimate of drug-likeness (QED) is 0.594. The molecule has 0 amide bonds. The molecule has 0 radical (unpaired) electrons. The van der Waals surface area contributed by atoms with Gasteiger partial charge in [0.15, 0.2) is 5.96 Å². The Bertz CT molecular complexity index is 536. The Hall–Kier alpha value is -1.75. The van der Waals surface area contributed by atoms with E-state index in [1.54, 1.807) is 21.3 Å². The topological polar surface area (TPSA) is 54.9 Å². The van der Waals surface area contributed by atoms with Crippen molar-refractivity contribution in [1.82, 2.24) is 10.6 Å². The van der Waals surface area contributed by atoms with Crippen LogP contribution >= 0.6 is 0 Å². The summed E-state index contributed by atoms with van der Waals surface area (Å²) in [6, 6.07) is 6.32. The van der Waals surface area contributed by atoms with Crippen LogP contribution in [-0.2, 0) is 11.2 Å². The number of hydrogen-bond acceptors (Lipinski definition) is 3. The SMILES string of the molecule is CN=C(NCCc1ccc(C)c(OC)c1)NCC(OC)C(C)(C)C. The number of nitrogens with zero attached hydrogens (tertiary/aromatic N) is 1. The predicted octanol–water partition coefficient (Wildman–Crippen LogP) is 2.77. The summed E-state index contributed by atoms with van der Waals surface area (Å²) in [6.07, 6.45) is 1.03. The van der Waals surface area contributed by atoms with Gasteiger partial charge >= 0.3 is 0 Å². The molecule has 0 spiro atoms. The van der Waals surface area contributed by atoms with E-state index < -0.39 is 0 Å². The summed E-state index contributed by atoms with van der Waals surface area (Å²) >= 11 is 0. The third kappa shape index (κ3) is 6.40. The molecule has 0 aromatic heterocycles. The summed E-state index contributed by atoms with van der Waals surface area (Å²) in [5.74, 6) is 1.73. The molecular weight excluding hydrogens is 302 g/mol. The summed E-state index contributed by atoms with van der Waals surface area (Å²) < 4.78 is 10.9. The molecule has 0 fully saturated rings. The molecule has 0 aliphatic carbocycles. The smallest absolute Gasteiger partial charge is 0.191 e. The maximum absolute atomic E-state index is 5.56. The Labute approximate surface area is 146 Å². The van der Waals surface area contributed by atoms with Crippen molar-refractivity contribution >= 4 is 5.96 Å². The van der Waals surface area contributed by atoms with Crippen LogP contribution in [0.1, 0.15) is 31.9 Å². The molecule has 0 aliphatic rings. The standard InChI is InChI=1S/C19H33N3O2/c1-14-8-9-15(12-16(14)23-6)10-11-21-18(20-5)22-13-17(24-7)19(2,3)4/h8-9,12,17H,10-11,13H2,1-7H3,(H2,20,21,22). The number of guanidine groups is 1. The lowest BCUT2D eigenvalue weighted by atomic mass is 9.89. The fourth-order valence-corrected chi connectivity index (χ4v) is 2.50. The summed E-state index contributed by atoms with van der Waals surface area (Å²) in [7, 11) is 5.24. The average molecular weight is 335 g/mol. The Morgan fingerprint density at radius 3 is 2.46 bits per heavy atom. The molecule has 136 valence electrons. The molecule has 5 heteroatoms. The molecule has 24 heavy (non-hydrogen) atoms. The van der Waals surface area contributed by atoms with E-state index in [0.29, 0.717) is 0 Å². The Kier molecular flexibility index (Phi) is 8.05. The number of rotatable bonds is 7. The number of ether oxygens (including phenoxy) is 2. The van der Waals surface area contributed by atoms with Gasteiger partial charge in [0.2, 0.25) is 0 Å². The maximum Gasteiger partial charge on any atom is 0.191 e. The van der Waals surface area contributed by atoms with Gasteiger partial charge in [0.25, 0.3) is 0 Å². The summed E-state index contributed by atoms with van der Waals surface area (Å²) in [4.78, 5) is 4.27. The normalized spacial score (nSPS) is 13.5. The lowest BCUT2D eigenvalue weighted by molar-refractivity contribution is 0.0205. The Balaban J connectivity index is 2.47. The van der Waals surface area contributed by atoms with Crippen LogP contribution in [0.5, 0.6) is 5.75 Å². The number of aliphatic imine (C=N–C) groups is 1. The van der Waals surface area contributed by atoms with Crippen LogP contribution < -0.4 is 15.4 Å². The third-order valence-electron chi connectivity index (χ3n) is 4.11. The molecule has 0 aliphatic heterocycles. The van der Waals surface area contributed by atoms with Crippen molar-refractivity contribution in [1.29, 1.82) is 0 Å². The van der Waals surface area contributed by atoms with Gasteiger partial charge in [-0.3, -0.25) is 4.99 Å². The van der Waals surface area contributed by atoms with Crippen LogP contribution in [-0.4, -0.2) is 46.4 Å². The van der Waals surface area contributed by atoms with Crippen LogP contribution in [0.15, 0.2) is 23.2 Å². The van der Waals surface area contributed by atoms with Gasteiger partial charge in [0.1, 0.15) is 5.75 Å². The van der Waals surface area contributed by atoms with E-state index in [1.165, 1.54) is 5.56 Å². The minimum atomic E-state index is 0.0824. The van der Waals surface area contributed by atoms with Crippen LogP contribution in [0.4, 0.5) is 0 Å². The van der Waals surface area contributed by atoms with Gasteiger partial charge in [-0.05, 0) is 36.0 Å². The Morgan fingerprint density at radius 1 is 1.21 bits per heavy atom. The molecule has 1 rings (SSSR count). The van der Waals surface area contributed by atoms with Crippen LogP contribution in [0.3, 0.4) is 0 Å². The molecule has 1 aromatic carbocycles. The molecule has 0 saturated carbocycles. The van der Waals surface area contributed by atoms with Gasteiger partial charge in [-0.25, -0.2) is 0 Å². The summed E-state index contributed by atoms with van der Waals surface area (Å²) in [6.45, 7) is 10.1. The van der Waals surface area contributed by atoms with Crippen molar-refractivity contribution in [3.8, 4) is 5.75 Å². The molecule has 0 saturated heterocycles. The van der Waals surface area contributed by atoms with Crippen molar-refractivity contribution in [2.45, 2.75) is 40.2 Å². The molecule has 2 N–H and O–H groups in total. The highest BCUT2D eigenvalue weighted by Gasteiger charge is 2.24. The summed E-state index contributed by atoms with van der Waals surface area (Å²) in [5, 5.41) is 6.68. The summed E-state index contributed by atoms with van der Waals surface area (Å²) in [5.41, 5.74) is 2.48. The van der Waals surface area contributed by atoms with Crippen molar-refractivity contribution in [3.05, 3.63) is 29.3 Å². The first kappa shape index (κ1) is 20.3. The zero-order valence-electron chi connectivity index (χ0n) is 16.2. The van der Waals surface area contributed by atoms with E-state index in [0.717, 1.165) is 36.8 Å². The second-order valence-corrected chi connectivity index (χ2v) is 7.02. The number of benzene rings is 1. The lowest BCUT2D eigenvalue weighted by Gasteiger charge is -2.30. The number of aryl methyl sites for hydroxylation is 1. The van der Waals surface area contributed by atoms with E-state index in [-0.39, 0.29) is 11.5 Å². The van der Waals surface area contributed by atoms with Crippen molar-refractivity contribution < 1.29 is 9.47 Å². The van der Waals surface area contributed by atoms with E-state index in [9.17, 15) is 0 Å². The van der Waals surface area contributed by atoms with Crippen LogP contribution in [0.25, 0.3) is 0 Å². The number of methoxy groups -OCH3 is 2. The second kappa shape index (κ2) is 9.52. The third-order valence-corrected chi connectivity index (χ3v) is 4.11. The number of hydrogen-bond donors (Lipinski definition) is 2. The fraction of sp³-hybridized carbons (Fsp3) is 0.632. The minimum absolute atomic E-state index is 0.0824. The molecule has 0 bridgehead atoms. The molecule has 1 aromatic rings. The first-order chi connectivity index (χ1) is 11.3. The fourth-order valence-electron chi connectivity index (χ4n) is 2.50. The highest BCUT2D eigenvalue weighted by molar-refractivity contribution is 5.79. The van der Waals surface area contributed by atoms with Crippen molar-refractivity contribution in [3.63, 3.8) is 0 Å². The number of nitrogens with one attached hydrogen (secondary N) is 2. The average Bonchev–Trinajstić information content (AvgIpc) is 2.53. The van der Waals surface area contributed by atoms with Gasteiger partial charge in [-0.1, -0.05) is 32.9 Å². The monoisotopic (exact) mass is 335 g/mol. The highest BCUT2D eigenvalue weighted by atomic mass is 16.5. The molecule has 1 atom stereocenters. The van der Waals surface area contributed by atoms with Gasteiger partial charge in [0.05, 0.1) is 13.2 Å². The molecular formula is C19H33N3O2. The first-order valence-electron chi connectivity index (χ1n) is 8.42. The second-order valence-electron chi connectivity index (χ2n) is 7.02. The molecule has 5 nitrogen and oxygen atoms in total. The zero-order valence-corrected chi connectivity index (χ0v) is 16.2. The molecule has 0 heterocycles. The van der Waals surface area contributed by atoms with Crippen molar-refractivity contribution in [2.75, 3.05) is 34.4 Å². The van der Waals surface area contributed by atoms with Crippen LogP contribution in [0.2, 0.25) is 0 Å². The minimum Gasteiger partial charge on any atom is -0.496 e. The van der Waals surface area contributed by atoms with Crippen molar-refractivity contribution in [2.24, 2.45) is 10.4 Å². The first-order valence-corrected chi connectivity index (χ1v) is 8.42. The molecule has 1 unspecified atom stereocenters. The van der Waals surface area contributed by atoms with E-state index in [2.05, 4.69) is 54.6 Å². The highest BCUT2D eigenvalue weighted by Crippen LogP contribution is 2.21. The van der Waals surface area contributed by atoms with Gasteiger partial charge in [-0.2, -0.15) is 0 Å². The predicted molar refractivity (Wildman–Crippen MR) is 101 cm³/mol. The maximum atomic E-state index is 5.56. The van der Waals surface area contributed by atoms with Crippen LogP contribution in [0, 0.1) is 12.3 Å². The largest absolute Gasteiger partial charge is 0.496 e. The van der Waals surface area contributed by atoms with Gasteiger partial charge < -0.3 is 20.1 Å². The zero-order chi connectivity index (χ0) is 18.2.